The molecular formula is C20H23NO4. The number of nitrogens with zero attached hydrogens (tertiary/aromatic N) is 1. The Bertz CT molecular complexity index is 758. The number of hydrogen-bond donors (Lipinski definition) is 0. The quantitative estimate of drug-likeness (QED) is 0.752. The van der Waals surface area contributed by atoms with Gasteiger partial charge in [-0.1, -0.05) is 12.1 Å². The van der Waals surface area contributed by atoms with Gasteiger partial charge in [-0.05, 0) is 48.4 Å². The van der Waals surface area contributed by atoms with E-state index in [9.17, 15) is 4.79 Å². The molecule has 0 saturated heterocycles. The number of ether oxygens (including phenoxy) is 3. The lowest BCUT2D eigenvalue weighted by molar-refractivity contribution is -0.113. The van der Waals surface area contributed by atoms with Gasteiger partial charge < -0.3 is 19.1 Å². The molecule has 0 fully saturated rings. The van der Waals surface area contributed by atoms with E-state index in [1.807, 2.05) is 31.2 Å². The molecule has 25 heavy (non-hydrogen) atoms. The molecule has 0 aliphatic carbocycles. The van der Waals surface area contributed by atoms with Crippen molar-refractivity contribution in [2.45, 2.75) is 6.92 Å². The maximum Gasteiger partial charge on any atom is 0.250 e. The lowest BCUT2D eigenvalue weighted by atomic mass is 10.1. The van der Waals surface area contributed by atoms with E-state index in [0.29, 0.717) is 17.2 Å². The third-order valence-corrected chi connectivity index (χ3v) is 3.82. The Morgan fingerprint density at radius 3 is 2.16 bits per heavy atom. The minimum atomic E-state index is -0.126. The Hall–Kier alpha value is -2.95. The Morgan fingerprint density at radius 1 is 1.00 bits per heavy atom. The van der Waals surface area contributed by atoms with Crippen LogP contribution in [0.1, 0.15) is 11.1 Å². The van der Waals surface area contributed by atoms with Crippen LogP contribution in [0.25, 0.3) is 6.08 Å². The lowest BCUT2D eigenvalue weighted by Crippen LogP contribution is -2.23. The van der Waals surface area contributed by atoms with Gasteiger partial charge in [0.05, 0.1) is 21.3 Å². The number of amides is 1. The number of methoxy groups -OCH3 is 3. The summed E-state index contributed by atoms with van der Waals surface area (Å²) in [5.74, 6) is 1.48. The lowest BCUT2D eigenvalue weighted by Gasteiger charge is -2.16. The molecule has 5 heteroatoms. The third-order valence-electron chi connectivity index (χ3n) is 3.82. The standard InChI is InChI=1S/C20H23NO4/c1-14-7-6-8-16(11-14)21(2)19(22)10-9-15-12-17(23-3)20(25-5)18(13-15)24-4/h6-13H,1-5H3. The van der Waals surface area contributed by atoms with Gasteiger partial charge in [-0.3, -0.25) is 4.79 Å². The number of likely N-dealkylation sites (N-methyl/N-ethyl adjacent to an activating group) is 1. The number of rotatable bonds is 6. The van der Waals surface area contributed by atoms with Crippen molar-refractivity contribution in [2.75, 3.05) is 33.3 Å². The highest BCUT2D eigenvalue weighted by atomic mass is 16.5. The Labute approximate surface area is 148 Å². The summed E-state index contributed by atoms with van der Waals surface area (Å²) in [5, 5.41) is 0. The maximum absolute atomic E-state index is 12.4. The maximum atomic E-state index is 12.4. The highest BCUT2D eigenvalue weighted by Crippen LogP contribution is 2.38. The smallest absolute Gasteiger partial charge is 0.250 e. The van der Waals surface area contributed by atoms with Crippen molar-refractivity contribution in [3.8, 4) is 17.2 Å². The predicted molar refractivity (Wildman–Crippen MR) is 99.7 cm³/mol. The van der Waals surface area contributed by atoms with Gasteiger partial charge in [0.25, 0.3) is 5.91 Å². The first-order valence-electron chi connectivity index (χ1n) is 7.82. The first-order chi connectivity index (χ1) is 12.0. The molecule has 2 aromatic carbocycles. The van der Waals surface area contributed by atoms with Crippen LogP contribution in [-0.2, 0) is 4.79 Å². The normalized spacial score (nSPS) is 10.6. The molecule has 0 aliphatic rings. The summed E-state index contributed by atoms with van der Waals surface area (Å²) in [6.07, 6.45) is 3.24. The summed E-state index contributed by atoms with van der Waals surface area (Å²) in [6.45, 7) is 1.99. The van der Waals surface area contributed by atoms with Crippen LogP contribution in [0.4, 0.5) is 5.69 Å². The van der Waals surface area contributed by atoms with Crippen LogP contribution in [0, 0.1) is 6.92 Å². The summed E-state index contributed by atoms with van der Waals surface area (Å²) in [7, 11) is 6.41. The molecule has 0 saturated carbocycles. The average Bonchev–Trinajstić information content (AvgIpc) is 2.64. The van der Waals surface area contributed by atoms with Crippen molar-refractivity contribution < 1.29 is 19.0 Å². The van der Waals surface area contributed by atoms with Gasteiger partial charge in [-0.15, -0.1) is 0 Å². The molecule has 1 amide bonds. The monoisotopic (exact) mass is 341 g/mol. The zero-order valence-corrected chi connectivity index (χ0v) is 15.2. The van der Waals surface area contributed by atoms with E-state index < -0.39 is 0 Å². The van der Waals surface area contributed by atoms with E-state index >= 15 is 0 Å². The van der Waals surface area contributed by atoms with Gasteiger partial charge in [-0.25, -0.2) is 0 Å². The molecule has 0 atom stereocenters. The Balaban J connectivity index is 2.24. The first-order valence-corrected chi connectivity index (χ1v) is 7.82. The van der Waals surface area contributed by atoms with Crippen LogP contribution in [0.5, 0.6) is 17.2 Å². The molecule has 0 radical (unpaired) electrons. The van der Waals surface area contributed by atoms with E-state index in [1.165, 1.54) is 6.08 Å². The second-order valence-electron chi connectivity index (χ2n) is 5.53. The number of aryl methyl sites for hydroxylation is 1. The third kappa shape index (κ3) is 4.32. The van der Waals surface area contributed by atoms with Crippen LogP contribution in [0.2, 0.25) is 0 Å². The van der Waals surface area contributed by atoms with E-state index in [4.69, 9.17) is 14.2 Å². The molecule has 0 bridgehead atoms. The topological polar surface area (TPSA) is 48.0 Å². The van der Waals surface area contributed by atoms with Crippen molar-refractivity contribution in [1.29, 1.82) is 0 Å². The van der Waals surface area contributed by atoms with Crippen LogP contribution in [0.15, 0.2) is 42.5 Å². The highest BCUT2D eigenvalue weighted by molar-refractivity contribution is 6.03. The van der Waals surface area contributed by atoms with Gasteiger partial charge in [0.15, 0.2) is 11.5 Å². The van der Waals surface area contributed by atoms with E-state index in [0.717, 1.165) is 16.8 Å². The molecule has 0 heterocycles. The Morgan fingerprint density at radius 2 is 1.64 bits per heavy atom. The van der Waals surface area contributed by atoms with Gasteiger partial charge in [0, 0.05) is 18.8 Å². The summed E-state index contributed by atoms with van der Waals surface area (Å²) < 4.78 is 15.9. The van der Waals surface area contributed by atoms with Crippen molar-refractivity contribution in [3.05, 3.63) is 53.6 Å². The second-order valence-corrected chi connectivity index (χ2v) is 5.53. The Kier molecular flexibility index (Phi) is 6.06. The number of benzene rings is 2. The summed E-state index contributed by atoms with van der Waals surface area (Å²) in [6, 6.07) is 11.4. The minimum absolute atomic E-state index is 0.126. The molecular weight excluding hydrogens is 318 g/mol. The molecule has 0 unspecified atom stereocenters. The zero-order chi connectivity index (χ0) is 18.4. The fourth-order valence-electron chi connectivity index (χ4n) is 2.44. The van der Waals surface area contributed by atoms with Crippen LogP contribution in [0.3, 0.4) is 0 Å². The van der Waals surface area contributed by atoms with Crippen LogP contribution in [-0.4, -0.2) is 34.3 Å². The number of carbonyl (C=O) groups is 1. The van der Waals surface area contributed by atoms with Crippen molar-refractivity contribution in [3.63, 3.8) is 0 Å². The summed E-state index contributed by atoms with van der Waals surface area (Å²) >= 11 is 0. The molecule has 5 nitrogen and oxygen atoms in total. The van der Waals surface area contributed by atoms with E-state index in [2.05, 4.69) is 0 Å². The molecule has 0 aromatic heterocycles. The van der Waals surface area contributed by atoms with Crippen molar-refractivity contribution >= 4 is 17.7 Å². The van der Waals surface area contributed by atoms with E-state index in [-0.39, 0.29) is 5.91 Å². The first kappa shape index (κ1) is 18.4. The molecule has 0 spiro atoms. The zero-order valence-electron chi connectivity index (χ0n) is 15.2. The van der Waals surface area contributed by atoms with Crippen molar-refractivity contribution in [2.24, 2.45) is 0 Å². The number of anilines is 1. The fourth-order valence-corrected chi connectivity index (χ4v) is 2.44. The fraction of sp³-hybridized carbons (Fsp3) is 0.250. The largest absolute Gasteiger partial charge is 0.493 e. The number of hydrogen-bond acceptors (Lipinski definition) is 4. The summed E-state index contributed by atoms with van der Waals surface area (Å²) in [5.41, 5.74) is 2.73. The minimum Gasteiger partial charge on any atom is -0.493 e. The van der Waals surface area contributed by atoms with Gasteiger partial charge in [0.2, 0.25) is 5.75 Å². The van der Waals surface area contributed by atoms with Gasteiger partial charge >= 0.3 is 0 Å². The predicted octanol–water partition coefficient (Wildman–Crippen LogP) is 3.70. The highest BCUT2D eigenvalue weighted by Gasteiger charge is 2.13. The van der Waals surface area contributed by atoms with Crippen LogP contribution >= 0.6 is 0 Å². The molecule has 2 rings (SSSR count). The summed E-state index contributed by atoms with van der Waals surface area (Å²) in [4.78, 5) is 14.0. The molecule has 2 aromatic rings. The van der Waals surface area contributed by atoms with Gasteiger partial charge in [-0.2, -0.15) is 0 Å². The molecule has 0 aliphatic heterocycles. The number of carbonyl (C=O) groups excluding carboxylic acids is 1. The molecule has 0 N–H and O–H groups in total. The van der Waals surface area contributed by atoms with E-state index in [1.54, 1.807) is 51.5 Å². The average molecular weight is 341 g/mol. The SMILES string of the molecule is COc1cc(C=CC(=O)N(C)c2cccc(C)c2)cc(OC)c1OC. The molecule has 132 valence electrons. The van der Waals surface area contributed by atoms with Crippen LogP contribution < -0.4 is 19.1 Å². The second kappa shape index (κ2) is 8.24. The van der Waals surface area contributed by atoms with Crippen molar-refractivity contribution in [1.82, 2.24) is 0 Å². The van der Waals surface area contributed by atoms with Gasteiger partial charge in [0.1, 0.15) is 0 Å².